The van der Waals surface area contributed by atoms with E-state index in [0.717, 1.165) is 17.1 Å². The molecule has 0 fully saturated rings. The van der Waals surface area contributed by atoms with Gasteiger partial charge in [0, 0.05) is 6.42 Å². The van der Waals surface area contributed by atoms with Crippen molar-refractivity contribution >= 4 is 5.97 Å². The zero-order valence-corrected chi connectivity index (χ0v) is 8.93. The Hall–Kier alpha value is -2.03. The molecule has 0 unspecified atom stereocenters. The third kappa shape index (κ3) is 2.14. The smallest absolute Gasteiger partial charge is 0.335 e. The number of benzene rings is 1. The molecule has 0 aliphatic rings. The summed E-state index contributed by atoms with van der Waals surface area (Å²) in [6, 6.07) is 10.7. The van der Waals surface area contributed by atoms with E-state index in [4.69, 9.17) is 9.52 Å². The standard InChI is InChI=1S/C13H12O3/c1-9-6-7-11(16-9)8-10-4-2-3-5-12(10)13(14)15/h2-7H,8H2,1H3,(H,14,15). The van der Waals surface area contributed by atoms with E-state index in [-0.39, 0.29) is 0 Å². The summed E-state index contributed by atoms with van der Waals surface area (Å²) < 4.78 is 5.43. The summed E-state index contributed by atoms with van der Waals surface area (Å²) in [4.78, 5) is 11.0. The number of rotatable bonds is 3. The van der Waals surface area contributed by atoms with Crippen molar-refractivity contribution in [1.29, 1.82) is 0 Å². The lowest BCUT2D eigenvalue weighted by molar-refractivity contribution is 0.0696. The minimum atomic E-state index is -0.904. The van der Waals surface area contributed by atoms with Crippen molar-refractivity contribution in [3.8, 4) is 0 Å². The number of furan rings is 1. The van der Waals surface area contributed by atoms with Gasteiger partial charge in [0.1, 0.15) is 11.5 Å². The predicted molar refractivity (Wildman–Crippen MR) is 59.7 cm³/mol. The van der Waals surface area contributed by atoms with Gasteiger partial charge in [-0.05, 0) is 30.7 Å². The van der Waals surface area contributed by atoms with Crippen LogP contribution in [-0.4, -0.2) is 11.1 Å². The maximum absolute atomic E-state index is 11.0. The Labute approximate surface area is 93.3 Å². The third-order valence-electron chi connectivity index (χ3n) is 2.41. The van der Waals surface area contributed by atoms with Gasteiger partial charge in [0.2, 0.25) is 0 Å². The number of hydrogen-bond acceptors (Lipinski definition) is 2. The highest BCUT2D eigenvalue weighted by Crippen LogP contribution is 2.16. The van der Waals surface area contributed by atoms with Crippen LogP contribution in [-0.2, 0) is 6.42 Å². The van der Waals surface area contributed by atoms with Crippen LogP contribution in [0, 0.1) is 6.92 Å². The Kier molecular flexibility index (Phi) is 2.77. The van der Waals surface area contributed by atoms with Crippen LogP contribution in [0.25, 0.3) is 0 Å². The Morgan fingerprint density at radius 3 is 2.62 bits per heavy atom. The Morgan fingerprint density at radius 2 is 2.00 bits per heavy atom. The van der Waals surface area contributed by atoms with Crippen molar-refractivity contribution in [3.05, 3.63) is 59.0 Å². The number of hydrogen-bond donors (Lipinski definition) is 1. The first-order chi connectivity index (χ1) is 7.66. The van der Waals surface area contributed by atoms with Crippen LogP contribution < -0.4 is 0 Å². The van der Waals surface area contributed by atoms with Gasteiger partial charge in [-0.15, -0.1) is 0 Å². The fourth-order valence-corrected chi connectivity index (χ4v) is 1.65. The van der Waals surface area contributed by atoms with Crippen LogP contribution in [0.1, 0.15) is 27.4 Å². The highest BCUT2D eigenvalue weighted by Gasteiger charge is 2.10. The minimum Gasteiger partial charge on any atom is -0.478 e. The second kappa shape index (κ2) is 4.23. The third-order valence-corrected chi connectivity index (χ3v) is 2.41. The number of aryl methyl sites for hydroxylation is 1. The summed E-state index contributed by atoms with van der Waals surface area (Å²) in [6.07, 6.45) is 0.510. The van der Waals surface area contributed by atoms with Gasteiger partial charge in [0.15, 0.2) is 0 Å². The van der Waals surface area contributed by atoms with E-state index >= 15 is 0 Å². The van der Waals surface area contributed by atoms with Crippen LogP contribution in [0.5, 0.6) is 0 Å². The summed E-state index contributed by atoms with van der Waals surface area (Å²) in [5.74, 6) is 0.716. The summed E-state index contributed by atoms with van der Waals surface area (Å²) in [7, 11) is 0. The number of carbonyl (C=O) groups is 1. The summed E-state index contributed by atoms with van der Waals surface area (Å²) >= 11 is 0. The average Bonchev–Trinajstić information content (AvgIpc) is 2.64. The zero-order chi connectivity index (χ0) is 11.5. The predicted octanol–water partition coefficient (Wildman–Crippen LogP) is 2.88. The first-order valence-electron chi connectivity index (χ1n) is 5.03. The zero-order valence-electron chi connectivity index (χ0n) is 8.93. The van der Waals surface area contributed by atoms with Gasteiger partial charge < -0.3 is 9.52 Å². The topological polar surface area (TPSA) is 50.4 Å². The molecule has 0 aliphatic heterocycles. The highest BCUT2D eigenvalue weighted by molar-refractivity contribution is 5.89. The molecule has 16 heavy (non-hydrogen) atoms. The fourth-order valence-electron chi connectivity index (χ4n) is 1.65. The SMILES string of the molecule is Cc1ccc(Cc2ccccc2C(=O)O)o1. The highest BCUT2D eigenvalue weighted by atomic mass is 16.4. The second-order valence-corrected chi connectivity index (χ2v) is 3.65. The lowest BCUT2D eigenvalue weighted by Crippen LogP contribution is -2.02. The van der Waals surface area contributed by atoms with E-state index in [1.807, 2.05) is 25.1 Å². The Morgan fingerprint density at radius 1 is 1.25 bits per heavy atom. The summed E-state index contributed by atoms with van der Waals surface area (Å²) in [5, 5.41) is 9.02. The van der Waals surface area contributed by atoms with E-state index in [0.29, 0.717) is 12.0 Å². The maximum Gasteiger partial charge on any atom is 0.335 e. The van der Waals surface area contributed by atoms with E-state index in [2.05, 4.69) is 0 Å². The van der Waals surface area contributed by atoms with Gasteiger partial charge in [-0.1, -0.05) is 18.2 Å². The second-order valence-electron chi connectivity index (χ2n) is 3.65. The molecule has 0 radical (unpaired) electrons. The monoisotopic (exact) mass is 216 g/mol. The van der Waals surface area contributed by atoms with Crippen molar-refractivity contribution in [2.45, 2.75) is 13.3 Å². The molecule has 1 aromatic heterocycles. The van der Waals surface area contributed by atoms with Crippen molar-refractivity contribution in [3.63, 3.8) is 0 Å². The lowest BCUT2D eigenvalue weighted by atomic mass is 10.0. The molecule has 0 spiro atoms. The van der Waals surface area contributed by atoms with E-state index in [9.17, 15) is 4.79 Å². The van der Waals surface area contributed by atoms with E-state index in [1.165, 1.54) is 0 Å². The van der Waals surface area contributed by atoms with Gasteiger partial charge in [-0.3, -0.25) is 0 Å². The largest absolute Gasteiger partial charge is 0.478 e. The molecule has 1 aromatic carbocycles. The van der Waals surface area contributed by atoms with Gasteiger partial charge in [-0.2, -0.15) is 0 Å². The average molecular weight is 216 g/mol. The van der Waals surface area contributed by atoms with Gasteiger partial charge in [0.25, 0.3) is 0 Å². The molecule has 0 saturated carbocycles. The normalized spacial score (nSPS) is 10.3. The van der Waals surface area contributed by atoms with Crippen molar-refractivity contribution in [2.24, 2.45) is 0 Å². The van der Waals surface area contributed by atoms with Crippen molar-refractivity contribution in [2.75, 3.05) is 0 Å². The molecule has 0 aliphatic carbocycles. The molecule has 1 heterocycles. The van der Waals surface area contributed by atoms with Gasteiger partial charge in [-0.25, -0.2) is 4.79 Å². The van der Waals surface area contributed by atoms with Crippen LogP contribution in [0.15, 0.2) is 40.8 Å². The van der Waals surface area contributed by atoms with Crippen molar-refractivity contribution < 1.29 is 14.3 Å². The summed E-state index contributed by atoms with van der Waals surface area (Å²) in [6.45, 7) is 1.87. The number of aromatic carboxylic acids is 1. The van der Waals surface area contributed by atoms with Crippen molar-refractivity contribution in [1.82, 2.24) is 0 Å². The number of carboxylic acids is 1. The molecule has 3 nitrogen and oxygen atoms in total. The molecule has 3 heteroatoms. The molecule has 2 rings (SSSR count). The molecule has 0 bridgehead atoms. The molecule has 0 saturated heterocycles. The molecule has 1 N–H and O–H groups in total. The fraction of sp³-hybridized carbons (Fsp3) is 0.154. The van der Waals surface area contributed by atoms with Crippen LogP contribution in [0.2, 0.25) is 0 Å². The Balaban J connectivity index is 2.31. The van der Waals surface area contributed by atoms with Crippen LogP contribution in [0.4, 0.5) is 0 Å². The van der Waals surface area contributed by atoms with Crippen LogP contribution in [0.3, 0.4) is 0 Å². The van der Waals surface area contributed by atoms with Crippen LogP contribution >= 0.6 is 0 Å². The van der Waals surface area contributed by atoms with Gasteiger partial charge in [0.05, 0.1) is 5.56 Å². The quantitative estimate of drug-likeness (QED) is 0.858. The lowest BCUT2D eigenvalue weighted by Gasteiger charge is -2.03. The first kappa shape index (κ1) is 10.5. The minimum absolute atomic E-state index is 0.330. The first-order valence-corrected chi connectivity index (χ1v) is 5.03. The molecular weight excluding hydrogens is 204 g/mol. The maximum atomic E-state index is 11.0. The molecule has 82 valence electrons. The van der Waals surface area contributed by atoms with Gasteiger partial charge >= 0.3 is 5.97 Å². The van der Waals surface area contributed by atoms with E-state index in [1.54, 1.807) is 18.2 Å². The molecule has 0 amide bonds. The Bertz CT molecular complexity index is 511. The molecule has 2 aromatic rings. The van der Waals surface area contributed by atoms with E-state index < -0.39 is 5.97 Å². The number of carboxylic acid groups (broad SMARTS) is 1. The summed E-state index contributed by atoms with van der Waals surface area (Å²) in [5.41, 5.74) is 1.10. The molecular formula is C13H12O3. The molecule has 0 atom stereocenters.